The molecule has 0 amide bonds. The Labute approximate surface area is 129 Å². The smallest absolute Gasteiger partial charge is 0.207 e. The van der Waals surface area contributed by atoms with Crippen LogP contribution in [0.3, 0.4) is 0 Å². The highest BCUT2D eigenvalue weighted by molar-refractivity contribution is 7.89. The number of rotatable bonds is 2. The molecule has 0 unspecified atom stereocenters. The fraction of sp³-hybridized carbons (Fsp3) is 0.647. The highest BCUT2D eigenvalue weighted by atomic mass is 32.2. The highest BCUT2D eigenvalue weighted by Crippen LogP contribution is 2.30. The van der Waals surface area contributed by atoms with Crippen LogP contribution in [0, 0.1) is 0 Å². The molecule has 0 radical (unpaired) electrons. The molecule has 1 aliphatic heterocycles. The van der Waals surface area contributed by atoms with Crippen molar-refractivity contribution in [3.63, 3.8) is 0 Å². The Bertz CT molecular complexity index is 574. The number of hydrogen-bond donors (Lipinski definition) is 0. The van der Waals surface area contributed by atoms with Crippen molar-refractivity contribution >= 4 is 10.0 Å². The monoisotopic (exact) mass is 309 g/mol. The van der Waals surface area contributed by atoms with E-state index in [1.165, 1.54) is 0 Å². The van der Waals surface area contributed by atoms with Gasteiger partial charge in [0.1, 0.15) is 0 Å². The lowest BCUT2D eigenvalue weighted by Crippen LogP contribution is -2.47. The van der Waals surface area contributed by atoms with Crippen molar-refractivity contribution in [2.75, 3.05) is 0 Å². The highest BCUT2D eigenvalue weighted by Gasteiger charge is 2.35. The van der Waals surface area contributed by atoms with Crippen LogP contribution < -0.4 is 0 Å². The molecule has 1 aliphatic rings. The molecule has 1 fully saturated rings. The molecule has 2 atom stereocenters. The summed E-state index contributed by atoms with van der Waals surface area (Å²) in [5, 5.41) is 0. The normalized spacial score (nSPS) is 25.0. The zero-order valence-electron chi connectivity index (χ0n) is 13.8. The van der Waals surface area contributed by atoms with Gasteiger partial charge in [-0.3, -0.25) is 0 Å². The second kappa shape index (κ2) is 5.73. The molecule has 0 N–H and O–H groups in total. The van der Waals surface area contributed by atoms with Crippen LogP contribution in [-0.2, 0) is 15.4 Å². The summed E-state index contributed by atoms with van der Waals surface area (Å²) in [5.74, 6) is 0. The largest absolute Gasteiger partial charge is 0.243 e. The van der Waals surface area contributed by atoms with E-state index < -0.39 is 10.0 Å². The number of sulfonamides is 1. The van der Waals surface area contributed by atoms with Crippen LogP contribution in [0.25, 0.3) is 0 Å². The minimum Gasteiger partial charge on any atom is -0.207 e. The molecule has 1 aromatic rings. The molecular weight excluding hydrogens is 282 g/mol. The molecule has 3 nitrogen and oxygen atoms in total. The molecule has 1 aromatic carbocycles. The Morgan fingerprint density at radius 1 is 1.00 bits per heavy atom. The lowest BCUT2D eigenvalue weighted by atomic mass is 9.87. The van der Waals surface area contributed by atoms with Gasteiger partial charge in [0.15, 0.2) is 0 Å². The van der Waals surface area contributed by atoms with Crippen LogP contribution >= 0.6 is 0 Å². The third-order valence-electron chi connectivity index (χ3n) is 4.41. The van der Waals surface area contributed by atoms with Crippen LogP contribution in [0.1, 0.15) is 59.4 Å². The second-order valence-corrected chi connectivity index (χ2v) is 9.08. The van der Waals surface area contributed by atoms with Crippen LogP contribution in [0.5, 0.6) is 0 Å². The first kappa shape index (κ1) is 16.5. The maximum Gasteiger partial charge on any atom is 0.243 e. The Kier molecular flexibility index (Phi) is 4.50. The summed E-state index contributed by atoms with van der Waals surface area (Å²) >= 11 is 0. The third kappa shape index (κ3) is 3.32. The maximum absolute atomic E-state index is 12.9. The van der Waals surface area contributed by atoms with Crippen molar-refractivity contribution in [2.24, 2.45) is 0 Å². The molecule has 1 heterocycles. The van der Waals surface area contributed by atoms with E-state index in [9.17, 15) is 8.42 Å². The summed E-state index contributed by atoms with van der Waals surface area (Å²) in [6, 6.07) is 7.55. The molecule has 0 aromatic heterocycles. The lowest BCUT2D eigenvalue weighted by molar-refractivity contribution is 0.204. The summed E-state index contributed by atoms with van der Waals surface area (Å²) in [5.41, 5.74) is 1.19. The van der Waals surface area contributed by atoms with Crippen LogP contribution in [0.15, 0.2) is 29.2 Å². The third-order valence-corrected chi connectivity index (χ3v) is 6.55. The van der Waals surface area contributed by atoms with E-state index in [-0.39, 0.29) is 17.5 Å². The zero-order valence-corrected chi connectivity index (χ0v) is 14.6. The fourth-order valence-electron chi connectivity index (χ4n) is 3.12. The van der Waals surface area contributed by atoms with Gasteiger partial charge >= 0.3 is 0 Å². The molecule has 0 aliphatic carbocycles. The minimum atomic E-state index is -3.39. The molecule has 0 saturated carbocycles. The topological polar surface area (TPSA) is 37.4 Å². The van der Waals surface area contributed by atoms with Crippen molar-refractivity contribution in [2.45, 2.75) is 76.3 Å². The Balaban J connectivity index is 2.35. The molecule has 1 saturated heterocycles. The van der Waals surface area contributed by atoms with E-state index in [2.05, 4.69) is 20.8 Å². The molecule has 21 heavy (non-hydrogen) atoms. The van der Waals surface area contributed by atoms with Crippen LogP contribution in [-0.4, -0.2) is 24.8 Å². The quantitative estimate of drug-likeness (QED) is 0.830. The van der Waals surface area contributed by atoms with E-state index in [1.54, 1.807) is 16.4 Å². The van der Waals surface area contributed by atoms with Gasteiger partial charge in [-0.15, -0.1) is 0 Å². The van der Waals surface area contributed by atoms with Gasteiger partial charge in [-0.1, -0.05) is 39.3 Å². The summed E-state index contributed by atoms with van der Waals surface area (Å²) in [6.07, 6.45) is 3.00. The summed E-state index contributed by atoms with van der Waals surface area (Å²) in [4.78, 5) is 0.413. The first-order chi connectivity index (χ1) is 9.64. The SMILES string of the molecule is C[C@@H]1CCC[C@H](C)N1S(=O)(=O)c1ccc(C(C)(C)C)cc1. The summed E-state index contributed by atoms with van der Waals surface area (Å²) < 4.78 is 27.5. The van der Waals surface area contributed by atoms with Crippen molar-refractivity contribution < 1.29 is 8.42 Å². The lowest BCUT2D eigenvalue weighted by Gasteiger charge is -2.37. The van der Waals surface area contributed by atoms with Crippen molar-refractivity contribution in [3.8, 4) is 0 Å². The number of benzene rings is 1. The first-order valence-electron chi connectivity index (χ1n) is 7.78. The number of nitrogens with zero attached hydrogens (tertiary/aromatic N) is 1. The molecule has 0 bridgehead atoms. The predicted octanol–water partition coefficient (Wildman–Crippen LogP) is 3.94. The molecule has 0 spiro atoms. The van der Waals surface area contributed by atoms with Crippen molar-refractivity contribution in [1.29, 1.82) is 0 Å². The standard InChI is InChI=1S/C17H27NO2S/c1-13-7-6-8-14(2)18(13)21(19,20)16-11-9-15(10-12-16)17(3,4)5/h9-14H,6-8H2,1-5H3/t13-,14+. The Morgan fingerprint density at radius 3 is 1.90 bits per heavy atom. The van der Waals surface area contributed by atoms with Gasteiger partial charge in [0.2, 0.25) is 10.0 Å². The first-order valence-corrected chi connectivity index (χ1v) is 9.22. The summed E-state index contributed by atoms with van der Waals surface area (Å²) in [6.45, 7) is 10.4. The van der Waals surface area contributed by atoms with Crippen LogP contribution in [0.4, 0.5) is 0 Å². The maximum atomic E-state index is 12.9. The molecule has 4 heteroatoms. The molecule has 2 rings (SSSR count). The van der Waals surface area contributed by atoms with E-state index in [1.807, 2.05) is 26.0 Å². The van der Waals surface area contributed by atoms with Crippen molar-refractivity contribution in [3.05, 3.63) is 29.8 Å². The minimum absolute atomic E-state index is 0.0357. The Hall–Kier alpha value is -0.870. The van der Waals surface area contributed by atoms with Gasteiger partial charge in [0.05, 0.1) is 4.90 Å². The van der Waals surface area contributed by atoms with E-state index in [4.69, 9.17) is 0 Å². The predicted molar refractivity (Wildman–Crippen MR) is 86.9 cm³/mol. The average Bonchev–Trinajstić information content (AvgIpc) is 2.37. The van der Waals surface area contributed by atoms with E-state index in [0.717, 1.165) is 24.8 Å². The summed E-state index contributed by atoms with van der Waals surface area (Å²) in [7, 11) is -3.39. The fourth-order valence-corrected chi connectivity index (χ4v) is 5.00. The Morgan fingerprint density at radius 2 is 1.48 bits per heavy atom. The van der Waals surface area contributed by atoms with Gasteiger partial charge < -0.3 is 0 Å². The van der Waals surface area contributed by atoms with E-state index in [0.29, 0.717) is 4.90 Å². The van der Waals surface area contributed by atoms with Crippen molar-refractivity contribution in [1.82, 2.24) is 4.31 Å². The van der Waals surface area contributed by atoms with Gasteiger partial charge in [0, 0.05) is 12.1 Å². The van der Waals surface area contributed by atoms with Gasteiger partial charge in [-0.05, 0) is 49.8 Å². The molecular formula is C17H27NO2S. The van der Waals surface area contributed by atoms with Gasteiger partial charge in [0.25, 0.3) is 0 Å². The average molecular weight is 309 g/mol. The number of piperidine rings is 1. The molecule has 118 valence electrons. The zero-order chi connectivity index (χ0) is 15.8. The van der Waals surface area contributed by atoms with Gasteiger partial charge in [-0.25, -0.2) is 8.42 Å². The second-order valence-electron chi connectivity index (χ2n) is 7.24. The van der Waals surface area contributed by atoms with Gasteiger partial charge in [-0.2, -0.15) is 4.31 Å². The van der Waals surface area contributed by atoms with E-state index >= 15 is 0 Å². The number of hydrogen-bond acceptors (Lipinski definition) is 2. The van der Waals surface area contributed by atoms with Crippen LogP contribution in [0.2, 0.25) is 0 Å².